The Hall–Kier alpha value is -2.26. The van der Waals surface area contributed by atoms with Crippen molar-refractivity contribution < 1.29 is 14.3 Å². The van der Waals surface area contributed by atoms with Gasteiger partial charge >= 0.3 is 5.69 Å². The van der Waals surface area contributed by atoms with E-state index in [2.05, 4.69) is 15.5 Å². The maximum atomic E-state index is 12.0. The van der Waals surface area contributed by atoms with Gasteiger partial charge in [-0.05, 0) is 18.6 Å². The molecule has 1 amide bonds. The summed E-state index contributed by atoms with van der Waals surface area (Å²) in [5, 5.41) is 9.61. The molecule has 1 aromatic heterocycles. The van der Waals surface area contributed by atoms with Crippen molar-refractivity contribution in [1.82, 2.24) is 14.8 Å². The number of H-pyrrole nitrogens is 1. The average molecular weight is 352 g/mol. The van der Waals surface area contributed by atoms with Crippen molar-refractivity contribution in [3.8, 4) is 5.75 Å². The first-order chi connectivity index (χ1) is 11.6. The molecule has 2 aromatic rings. The Kier molecular flexibility index (Phi) is 6.89. The van der Waals surface area contributed by atoms with E-state index in [4.69, 9.17) is 9.47 Å². The summed E-state index contributed by atoms with van der Waals surface area (Å²) < 4.78 is 11.6. The predicted octanol–water partition coefficient (Wildman–Crippen LogP) is 1.35. The molecule has 24 heavy (non-hydrogen) atoms. The van der Waals surface area contributed by atoms with Crippen LogP contribution in [0.1, 0.15) is 6.42 Å². The lowest BCUT2D eigenvalue weighted by atomic mass is 10.3. The van der Waals surface area contributed by atoms with Crippen molar-refractivity contribution in [2.24, 2.45) is 0 Å². The van der Waals surface area contributed by atoms with Crippen LogP contribution >= 0.6 is 11.8 Å². The molecule has 1 heterocycles. The Morgan fingerprint density at radius 2 is 2.25 bits per heavy atom. The van der Waals surface area contributed by atoms with E-state index in [1.807, 2.05) is 0 Å². The second-order valence-electron chi connectivity index (χ2n) is 4.88. The maximum absolute atomic E-state index is 12.0. The van der Waals surface area contributed by atoms with Crippen LogP contribution < -0.4 is 15.7 Å². The first kappa shape index (κ1) is 18.1. The Labute approximate surface area is 143 Å². The van der Waals surface area contributed by atoms with Crippen molar-refractivity contribution in [3.63, 3.8) is 0 Å². The van der Waals surface area contributed by atoms with Gasteiger partial charge in [-0.1, -0.05) is 17.8 Å². The Bertz CT molecular complexity index is 728. The van der Waals surface area contributed by atoms with E-state index < -0.39 is 0 Å². The van der Waals surface area contributed by atoms with Crippen molar-refractivity contribution in [2.75, 3.05) is 31.9 Å². The Balaban J connectivity index is 1.90. The predicted molar refractivity (Wildman–Crippen MR) is 91.7 cm³/mol. The number of aromatic amines is 1. The van der Waals surface area contributed by atoms with Crippen LogP contribution in [0.25, 0.3) is 0 Å². The van der Waals surface area contributed by atoms with Gasteiger partial charge in [0.15, 0.2) is 5.16 Å². The maximum Gasteiger partial charge on any atom is 0.343 e. The minimum absolute atomic E-state index is 0.145. The lowest BCUT2D eigenvalue weighted by Gasteiger charge is -2.07. The van der Waals surface area contributed by atoms with Gasteiger partial charge in [-0.15, -0.1) is 5.10 Å². The van der Waals surface area contributed by atoms with E-state index in [0.29, 0.717) is 36.2 Å². The summed E-state index contributed by atoms with van der Waals surface area (Å²) in [5.41, 5.74) is 0.362. The van der Waals surface area contributed by atoms with Gasteiger partial charge in [0.1, 0.15) is 5.75 Å². The number of hydrogen-bond acceptors (Lipinski definition) is 6. The van der Waals surface area contributed by atoms with Crippen molar-refractivity contribution in [2.45, 2.75) is 18.1 Å². The van der Waals surface area contributed by atoms with Crippen molar-refractivity contribution in [1.29, 1.82) is 0 Å². The highest BCUT2D eigenvalue weighted by Crippen LogP contribution is 2.18. The topological polar surface area (TPSA) is 98.2 Å². The van der Waals surface area contributed by atoms with Gasteiger partial charge in [0.05, 0.1) is 12.9 Å². The van der Waals surface area contributed by atoms with E-state index in [0.717, 1.165) is 0 Å². The quantitative estimate of drug-likeness (QED) is 0.522. The van der Waals surface area contributed by atoms with E-state index in [1.165, 1.54) is 16.3 Å². The number of nitrogens with one attached hydrogen (secondary N) is 2. The van der Waals surface area contributed by atoms with Gasteiger partial charge in [0.2, 0.25) is 5.91 Å². The lowest BCUT2D eigenvalue weighted by Crippen LogP contribution is -2.19. The highest BCUT2D eigenvalue weighted by Gasteiger charge is 2.11. The molecule has 9 heteroatoms. The molecule has 0 aliphatic heterocycles. The van der Waals surface area contributed by atoms with Gasteiger partial charge < -0.3 is 14.8 Å². The zero-order valence-corrected chi connectivity index (χ0v) is 14.4. The van der Waals surface area contributed by atoms with Gasteiger partial charge in [0, 0.05) is 32.0 Å². The molecule has 0 fully saturated rings. The third kappa shape index (κ3) is 5.14. The van der Waals surface area contributed by atoms with E-state index in [1.54, 1.807) is 38.5 Å². The molecular formula is C15H20N4O4S. The van der Waals surface area contributed by atoms with Crippen LogP contribution in [0, 0.1) is 0 Å². The molecule has 0 aliphatic carbocycles. The molecule has 130 valence electrons. The zero-order chi connectivity index (χ0) is 17.4. The number of aromatic nitrogens is 3. The Morgan fingerprint density at radius 1 is 1.42 bits per heavy atom. The molecule has 0 saturated carbocycles. The van der Waals surface area contributed by atoms with Crippen molar-refractivity contribution >= 4 is 23.4 Å². The smallest absolute Gasteiger partial charge is 0.343 e. The number of nitrogens with zero attached hydrogens (tertiary/aromatic N) is 2. The van der Waals surface area contributed by atoms with Gasteiger partial charge in [-0.3, -0.25) is 9.36 Å². The molecule has 2 rings (SSSR count). The van der Waals surface area contributed by atoms with Crippen LogP contribution in [-0.2, 0) is 16.1 Å². The first-order valence-electron chi connectivity index (χ1n) is 7.35. The summed E-state index contributed by atoms with van der Waals surface area (Å²) in [4.78, 5) is 23.8. The summed E-state index contributed by atoms with van der Waals surface area (Å²) in [5.74, 6) is 0.623. The minimum atomic E-state index is -0.290. The molecule has 2 N–H and O–H groups in total. The summed E-state index contributed by atoms with van der Waals surface area (Å²) in [6.07, 6.45) is 0.694. The highest BCUT2D eigenvalue weighted by molar-refractivity contribution is 7.99. The van der Waals surface area contributed by atoms with Gasteiger partial charge in [-0.25, -0.2) is 9.89 Å². The fourth-order valence-corrected chi connectivity index (χ4v) is 2.78. The van der Waals surface area contributed by atoms with Gasteiger partial charge in [-0.2, -0.15) is 0 Å². The SMILES string of the molecule is COCCCn1c(SCC(=O)Nc2cccc(OC)c2)n[nH]c1=O. The minimum Gasteiger partial charge on any atom is -0.497 e. The fraction of sp³-hybridized carbons (Fsp3) is 0.400. The summed E-state index contributed by atoms with van der Waals surface area (Å²) in [7, 11) is 3.17. The molecule has 0 atom stereocenters. The van der Waals surface area contributed by atoms with Crippen LogP contribution in [0.3, 0.4) is 0 Å². The van der Waals surface area contributed by atoms with Crippen LogP contribution in [0.2, 0.25) is 0 Å². The second-order valence-corrected chi connectivity index (χ2v) is 5.82. The van der Waals surface area contributed by atoms with Crippen LogP contribution in [0.5, 0.6) is 5.75 Å². The van der Waals surface area contributed by atoms with Crippen LogP contribution in [-0.4, -0.2) is 47.3 Å². The fourth-order valence-electron chi connectivity index (χ4n) is 2.01. The lowest BCUT2D eigenvalue weighted by molar-refractivity contribution is -0.113. The normalized spacial score (nSPS) is 10.6. The molecule has 8 nitrogen and oxygen atoms in total. The number of hydrogen-bond donors (Lipinski definition) is 2. The third-order valence-electron chi connectivity index (χ3n) is 3.14. The number of rotatable bonds is 9. The molecular weight excluding hydrogens is 332 g/mol. The number of benzene rings is 1. The highest BCUT2D eigenvalue weighted by atomic mass is 32.2. The van der Waals surface area contributed by atoms with E-state index in [-0.39, 0.29) is 17.3 Å². The molecule has 0 unspecified atom stereocenters. The molecule has 0 aliphatic rings. The van der Waals surface area contributed by atoms with Crippen LogP contribution in [0.15, 0.2) is 34.2 Å². The number of carbonyl (C=O) groups excluding carboxylic acids is 1. The summed E-state index contributed by atoms with van der Waals surface area (Å²) in [6, 6.07) is 7.10. The number of anilines is 1. The number of ether oxygens (including phenoxy) is 2. The molecule has 1 aromatic carbocycles. The molecule has 0 radical (unpaired) electrons. The van der Waals surface area contributed by atoms with Crippen molar-refractivity contribution in [3.05, 3.63) is 34.7 Å². The number of methoxy groups -OCH3 is 2. The number of amides is 1. The largest absolute Gasteiger partial charge is 0.497 e. The monoisotopic (exact) mass is 352 g/mol. The summed E-state index contributed by atoms with van der Waals surface area (Å²) >= 11 is 1.20. The number of thioether (sulfide) groups is 1. The summed E-state index contributed by atoms with van der Waals surface area (Å²) in [6.45, 7) is 1.04. The van der Waals surface area contributed by atoms with Crippen LogP contribution in [0.4, 0.5) is 5.69 Å². The van der Waals surface area contributed by atoms with Gasteiger partial charge in [0.25, 0.3) is 0 Å². The van der Waals surface area contributed by atoms with E-state index in [9.17, 15) is 9.59 Å². The molecule has 0 saturated heterocycles. The average Bonchev–Trinajstić information content (AvgIpc) is 2.94. The molecule has 0 bridgehead atoms. The third-order valence-corrected chi connectivity index (χ3v) is 4.12. The van der Waals surface area contributed by atoms with E-state index >= 15 is 0 Å². The second kappa shape index (κ2) is 9.14. The molecule has 0 spiro atoms. The Morgan fingerprint density at radius 3 is 3.00 bits per heavy atom. The standard InChI is InChI=1S/C15H20N4O4S/c1-22-8-4-7-19-14(21)17-18-15(19)24-10-13(20)16-11-5-3-6-12(9-11)23-2/h3,5-6,9H,4,7-8,10H2,1-2H3,(H,16,20)(H,17,21). The first-order valence-corrected chi connectivity index (χ1v) is 8.33. The number of carbonyl (C=O) groups is 1. The zero-order valence-electron chi connectivity index (χ0n) is 13.6.